The number of rotatable bonds is 5. The molecule has 0 N–H and O–H groups in total. The van der Waals surface area contributed by atoms with Gasteiger partial charge in [-0.05, 0) is 55.3 Å². The first kappa shape index (κ1) is 17.6. The Morgan fingerprint density at radius 3 is 2.30 bits per heavy atom. The van der Waals surface area contributed by atoms with Crippen molar-refractivity contribution in [1.29, 1.82) is 0 Å². The molecule has 0 aliphatic rings. The van der Waals surface area contributed by atoms with Crippen molar-refractivity contribution in [2.75, 3.05) is 0 Å². The molecule has 2 rings (SSSR count). The van der Waals surface area contributed by atoms with Crippen LogP contribution in [0.15, 0.2) is 65.2 Å². The van der Waals surface area contributed by atoms with Crippen molar-refractivity contribution < 1.29 is 8.78 Å². The zero-order valence-electron chi connectivity index (χ0n) is 12.9. The SMILES string of the molecule is C\C=C/C(Cl)=C(\C=C\C)Cc1ccc(-c2cc(F)cc(F)c2)s1. The summed E-state index contributed by atoms with van der Waals surface area (Å²) in [7, 11) is 0. The third-order valence-corrected chi connectivity index (χ3v) is 4.66. The molecular weight excluding hydrogens is 334 g/mol. The van der Waals surface area contributed by atoms with Crippen molar-refractivity contribution in [3.63, 3.8) is 0 Å². The van der Waals surface area contributed by atoms with Gasteiger partial charge in [-0.15, -0.1) is 11.3 Å². The molecule has 2 aromatic rings. The molecular formula is C19H17ClF2S. The van der Waals surface area contributed by atoms with Crippen LogP contribution in [0.25, 0.3) is 10.4 Å². The summed E-state index contributed by atoms with van der Waals surface area (Å²) in [5.41, 5.74) is 1.56. The molecule has 1 heterocycles. The number of allylic oxidation sites excluding steroid dienone is 6. The van der Waals surface area contributed by atoms with Gasteiger partial charge in [-0.3, -0.25) is 0 Å². The van der Waals surface area contributed by atoms with E-state index in [1.807, 2.05) is 50.3 Å². The number of hydrogen-bond acceptors (Lipinski definition) is 1. The lowest BCUT2D eigenvalue weighted by molar-refractivity contribution is 0.584. The molecule has 0 radical (unpaired) electrons. The highest BCUT2D eigenvalue weighted by Crippen LogP contribution is 2.31. The van der Waals surface area contributed by atoms with Crippen molar-refractivity contribution in [1.82, 2.24) is 0 Å². The quantitative estimate of drug-likeness (QED) is 0.515. The Bertz CT molecular complexity index is 749. The summed E-state index contributed by atoms with van der Waals surface area (Å²) in [6.07, 6.45) is 8.34. The van der Waals surface area contributed by atoms with Crippen LogP contribution in [-0.4, -0.2) is 0 Å². The van der Waals surface area contributed by atoms with E-state index in [2.05, 4.69) is 0 Å². The molecule has 0 saturated heterocycles. The topological polar surface area (TPSA) is 0 Å². The molecule has 0 saturated carbocycles. The van der Waals surface area contributed by atoms with Gasteiger partial charge in [-0.2, -0.15) is 0 Å². The second-order valence-electron chi connectivity index (χ2n) is 4.97. The van der Waals surface area contributed by atoms with Crippen molar-refractivity contribution in [2.24, 2.45) is 0 Å². The van der Waals surface area contributed by atoms with Crippen molar-refractivity contribution in [2.45, 2.75) is 20.3 Å². The minimum atomic E-state index is -0.569. The zero-order valence-corrected chi connectivity index (χ0v) is 14.5. The first-order chi connectivity index (χ1) is 11.0. The van der Waals surface area contributed by atoms with Crippen molar-refractivity contribution in [3.05, 3.63) is 81.8 Å². The molecule has 1 aromatic heterocycles. The summed E-state index contributed by atoms with van der Waals surface area (Å²) in [6.45, 7) is 3.85. The summed E-state index contributed by atoms with van der Waals surface area (Å²) < 4.78 is 26.7. The molecule has 0 fully saturated rings. The fraction of sp³-hybridized carbons (Fsp3) is 0.158. The number of hydrogen-bond donors (Lipinski definition) is 0. The summed E-state index contributed by atoms with van der Waals surface area (Å²) in [4.78, 5) is 1.92. The van der Waals surface area contributed by atoms with Crippen LogP contribution >= 0.6 is 22.9 Å². The summed E-state index contributed by atoms with van der Waals surface area (Å²) >= 11 is 7.80. The molecule has 0 aliphatic carbocycles. The van der Waals surface area contributed by atoms with Crippen molar-refractivity contribution >= 4 is 22.9 Å². The minimum Gasteiger partial charge on any atom is -0.207 e. The lowest BCUT2D eigenvalue weighted by atomic mass is 10.1. The highest BCUT2D eigenvalue weighted by Gasteiger charge is 2.08. The Labute approximate surface area is 144 Å². The lowest BCUT2D eigenvalue weighted by Crippen LogP contribution is -1.86. The number of thiophene rings is 1. The first-order valence-corrected chi connectivity index (χ1v) is 8.42. The van der Waals surface area contributed by atoms with Crippen LogP contribution in [0.1, 0.15) is 18.7 Å². The van der Waals surface area contributed by atoms with Crippen LogP contribution in [0.5, 0.6) is 0 Å². The fourth-order valence-electron chi connectivity index (χ4n) is 2.19. The van der Waals surface area contributed by atoms with E-state index < -0.39 is 11.6 Å². The minimum absolute atomic E-state index is 0.551. The molecule has 23 heavy (non-hydrogen) atoms. The average molecular weight is 351 g/mol. The fourth-order valence-corrected chi connectivity index (χ4v) is 3.46. The Hall–Kier alpha value is -1.71. The van der Waals surface area contributed by atoms with Gasteiger partial charge in [0.15, 0.2) is 0 Å². The maximum atomic E-state index is 13.3. The Kier molecular flexibility index (Phi) is 6.31. The standard InChI is InChI=1S/C19H17ClF2S/c1-3-5-13(18(20)6-4-2)11-17-7-8-19(23-17)14-9-15(21)12-16(22)10-14/h3-10,12H,11H2,1-2H3/b5-3+,6-4-,18-13-. The van der Waals surface area contributed by atoms with E-state index >= 15 is 0 Å². The van der Waals surface area contributed by atoms with E-state index in [0.717, 1.165) is 21.4 Å². The molecule has 1 aromatic carbocycles. The molecule has 0 amide bonds. The van der Waals surface area contributed by atoms with Gasteiger partial charge >= 0.3 is 0 Å². The molecule has 0 spiro atoms. The van der Waals surface area contributed by atoms with E-state index in [4.69, 9.17) is 11.6 Å². The van der Waals surface area contributed by atoms with Crippen LogP contribution in [0.4, 0.5) is 8.78 Å². The normalized spacial score (nSPS) is 13.1. The molecule has 120 valence electrons. The number of benzene rings is 1. The van der Waals surface area contributed by atoms with Crippen LogP contribution in [0.3, 0.4) is 0 Å². The van der Waals surface area contributed by atoms with E-state index in [0.29, 0.717) is 17.0 Å². The summed E-state index contributed by atoms with van der Waals surface area (Å²) in [6, 6.07) is 7.40. The van der Waals surface area contributed by atoms with Gasteiger partial charge < -0.3 is 0 Å². The Morgan fingerprint density at radius 2 is 1.70 bits per heavy atom. The highest BCUT2D eigenvalue weighted by atomic mass is 35.5. The second-order valence-corrected chi connectivity index (χ2v) is 6.55. The predicted octanol–water partition coefficient (Wildman–Crippen LogP) is 6.88. The van der Waals surface area contributed by atoms with E-state index in [1.165, 1.54) is 23.5 Å². The maximum Gasteiger partial charge on any atom is 0.126 e. The second kappa shape index (κ2) is 8.23. The van der Waals surface area contributed by atoms with Crippen LogP contribution in [0.2, 0.25) is 0 Å². The van der Waals surface area contributed by atoms with Gasteiger partial charge in [0, 0.05) is 27.3 Å². The largest absolute Gasteiger partial charge is 0.207 e. The first-order valence-electron chi connectivity index (χ1n) is 7.22. The van der Waals surface area contributed by atoms with Gasteiger partial charge in [-0.1, -0.05) is 29.8 Å². The smallest absolute Gasteiger partial charge is 0.126 e. The molecule has 0 atom stereocenters. The van der Waals surface area contributed by atoms with Gasteiger partial charge in [0.05, 0.1) is 0 Å². The van der Waals surface area contributed by atoms with E-state index in [9.17, 15) is 8.78 Å². The molecule has 0 aliphatic heterocycles. The van der Waals surface area contributed by atoms with E-state index in [-0.39, 0.29) is 0 Å². The molecule has 0 bridgehead atoms. The van der Waals surface area contributed by atoms with Gasteiger partial charge in [-0.25, -0.2) is 8.78 Å². The third kappa shape index (κ3) is 4.88. The van der Waals surface area contributed by atoms with Gasteiger partial charge in [0.1, 0.15) is 11.6 Å². The molecule has 4 heteroatoms. The van der Waals surface area contributed by atoms with Crippen molar-refractivity contribution in [3.8, 4) is 10.4 Å². The lowest BCUT2D eigenvalue weighted by Gasteiger charge is -2.02. The summed E-state index contributed by atoms with van der Waals surface area (Å²) in [5, 5.41) is 0.692. The van der Waals surface area contributed by atoms with Crippen LogP contribution in [-0.2, 0) is 6.42 Å². The van der Waals surface area contributed by atoms with Crippen LogP contribution < -0.4 is 0 Å². The maximum absolute atomic E-state index is 13.3. The predicted molar refractivity (Wildman–Crippen MR) is 95.9 cm³/mol. The summed E-state index contributed by atoms with van der Waals surface area (Å²) in [5.74, 6) is -1.14. The molecule has 0 unspecified atom stereocenters. The van der Waals surface area contributed by atoms with Crippen LogP contribution in [0, 0.1) is 11.6 Å². The average Bonchev–Trinajstić information content (AvgIpc) is 2.95. The Morgan fingerprint density at radius 1 is 1.04 bits per heavy atom. The Balaban J connectivity index is 2.29. The van der Waals surface area contributed by atoms with E-state index in [1.54, 1.807) is 0 Å². The molecule has 0 nitrogen and oxygen atoms in total. The highest BCUT2D eigenvalue weighted by molar-refractivity contribution is 7.15. The zero-order chi connectivity index (χ0) is 16.8. The third-order valence-electron chi connectivity index (χ3n) is 3.16. The number of halogens is 3. The van der Waals surface area contributed by atoms with Gasteiger partial charge in [0.2, 0.25) is 0 Å². The van der Waals surface area contributed by atoms with Gasteiger partial charge in [0.25, 0.3) is 0 Å². The monoisotopic (exact) mass is 350 g/mol.